The van der Waals surface area contributed by atoms with Crippen molar-refractivity contribution in [2.45, 2.75) is 40.0 Å². The van der Waals surface area contributed by atoms with Gasteiger partial charge in [0.1, 0.15) is 11.5 Å². The molecule has 2 aromatic rings. The third kappa shape index (κ3) is 3.58. The molecule has 0 N–H and O–H groups in total. The Morgan fingerprint density at radius 2 is 1.68 bits per heavy atom. The maximum atomic E-state index is 12.8. The molecule has 0 atom stereocenters. The summed E-state index contributed by atoms with van der Waals surface area (Å²) in [6.45, 7) is 13.7. The number of para-hydroxylation sites is 1. The smallest absolute Gasteiger partial charge is 0.257 e. The van der Waals surface area contributed by atoms with Crippen molar-refractivity contribution in [3.63, 3.8) is 0 Å². The van der Waals surface area contributed by atoms with Crippen molar-refractivity contribution in [1.82, 2.24) is 4.90 Å². The lowest BCUT2D eigenvalue weighted by molar-refractivity contribution is 0.0745. The van der Waals surface area contributed by atoms with Crippen molar-refractivity contribution in [3.8, 4) is 0 Å². The standard InChI is InChI=1S/C21H28N2O2/c1-15-14-17(16(2)25-15)20(24)23-12-10-22(11-13-23)19-9-7-6-8-18(19)21(3,4)5/h6-9,14H,10-13H2,1-5H3. The van der Waals surface area contributed by atoms with Gasteiger partial charge in [0.15, 0.2) is 0 Å². The zero-order valence-electron chi connectivity index (χ0n) is 15.9. The topological polar surface area (TPSA) is 36.7 Å². The van der Waals surface area contributed by atoms with Crippen LogP contribution in [0.5, 0.6) is 0 Å². The highest BCUT2D eigenvalue weighted by Crippen LogP contribution is 2.32. The van der Waals surface area contributed by atoms with Crippen molar-refractivity contribution in [2.24, 2.45) is 0 Å². The zero-order chi connectivity index (χ0) is 18.2. The molecule has 4 heteroatoms. The van der Waals surface area contributed by atoms with Crippen LogP contribution in [0.3, 0.4) is 0 Å². The van der Waals surface area contributed by atoms with Gasteiger partial charge in [-0.05, 0) is 37.0 Å². The van der Waals surface area contributed by atoms with Crippen LogP contribution < -0.4 is 4.90 Å². The highest BCUT2D eigenvalue weighted by atomic mass is 16.3. The van der Waals surface area contributed by atoms with Crippen LogP contribution in [0.15, 0.2) is 34.7 Å². The van der Waals surface area contributed by atoms with Crippen LogP contribution >= 0.6 is 0 Å². The molecular formula is C21H28N2O2. The molecule has 0 spiro atoms. The number of anilines is 1. The average molecular weight is 340 g/mol. The molecule has 25 heavy (non-hydrogen) atoms. The number of carbonyl (C=O) groups is 1. The molecule has 1 aliphatic heterocycles. The lowest BCUT2D eigenvalue weighted by Gasteiger charge is -2.38. The Bertz CT molecular complexity index is 762. The van der Waals surface area contributed by atoms with E-state index in [4.69, 9.17) is 4.42 Å². The van der Waals surface area contributed by atoms with E-state index in [0.29, 0.717) is 11.3 Å². The number of hydrogen-bond donors (Lipinski definition) is 0. The lowest BCUT2D eigenvalue weighted by Crippen LogP contribution is -2.49. The highest BCUT2D eigenvalue weighted by Gasteiger charge is 2.27. The Morgan fingerprint density at radius 3 is 2.24 bits per heavy atom. The van der Waals surface area contributed by atoms with Gasteiger partial charge in [0.05, 0.1) is 5.56 Å². The SMILES string of the molecule is Cc1cc(C(=O)N2CCN(c3ccccc3C(C)(C)C)CC2)c(C)o1. The van der Waals surface area contributed by atoms with E-state index >= 15 is 0 Å². The van der Waals surface area contributed by atoms with Gasteiger partial charge in [-0.15, -0.1) is 0 Å². The van der Waals surface area contributed by atoms with Gasteiger partial charge in [0, 0.05) is 31.9 Å². The van der Waals surface area contributed by atoms with Crippen molar-refractivity contribution in [2.75, 3.05) is 31.1 Å². The second-order valence-electron chi connectivity index (χ2n) is 7.87. The first-order valence-electron chi connectivity index (χ1n) is 8.98. The molecule has 1 fully saturated rings. The summed E-state index contributed by atoms with van der Waals surface area (Å²) in [4.78, 5) is 17.1. The van der Waals surface area contributed by atoms with E-state index in [1.807, 2.05) is 24.8 Å². The monoisotopic (exact) mass is 340 g/mol. The summed E-state index contributed by atoms with van der Waals surface area (Å²) < 4.78 is 5.51. The van der Waals surface area contributed by atoms with E-state index in [-0.39, 0.29) is 11.3 Å². The van der Waals surface area contributed by atoms with Crippen LogP contribution in [0.1, 0.15) is 48.2 Å². The number of rotatable bonds is 2. The van der Waals surface area contributed by atoms with Crippen LogP contribution in [0.2, 0.25) is 0 Å². The van der Waals surface area contributed by atoms with Crippen LogP contribution in [0.25, 0.3) is 0 Å². The van der Waals surface area contributed by atoms with E-state index < -0.39 is 0 Å². The van der Waals surface area contributed by atoms with Crippen molar-refractivity contribution in [3.05, 3.63) is 53.0 Å². The molecule has 1 aromatic heterocycles. The van der Waals surface area contributed by atoms with Gasteiger partial charge in [-0.1, -0.05) is 39.0 Å². The number of aryl methyl sites for hydroxylation is 2. The predicted molar refractivity (Wildman–Crippen MR) is 101 cm³/mol. The number of furan rings is 1. The molecule has 0 saturated carbocycles. The van der Waals surface area contributed by atoms with Crippen molar-refractivity contribution >= 4 is 11.6 Å². The van der Waals surface area contributed by atoms with Crippen molar-refractivity contribution in [1.29, 1.82) is 0 Å². The number of carbonyl (C=O) groups excluding carboxylic acids is 1. The average Bonchev–Trinajstić information content (AvgIpc) is 2.92. The van der Waals surface area contributed by atoms with E-state index in [9.17, 15) is 4.79 Å². The van der Waals surface area contributed by atoms with E-state index in [2.05, 4.69) is 49.9 Å². The number of benzene rings is 1. The van der Waals surface area contributed by atoms with Crippen LogP contribution in [-0.2, 0) is 5.41 Å². The molecule has 2 heterocycles. The van der Waals surface area contributed by atoms with Gasteiger partial charge in [0.2, 0.25) is 0 Å². The Labute approximate surface area is 150 Å². The minimum atomic E-state index is 0.0816. The number of hydrogen-bond acceptors (Lipinski definition) is 3. The van der Waals surface area contributed by atoms with E-state index in [1.54, 1.807) is 0 Å². The second kappa shape index (κ2) is 6.58. The molecule has 1 amide bonds. The Kier molecular flexibility index (Phi) is 4.63. The normalized spacial score (nSPS) is 15.6. The molecule has 134 valence electrons. The van der Waals surface area contributed by atoms with Gasteiger partial charge < -0.3 is 14.2 Å². The second-order valence-corrected chi connectivity index (χ2v) is 7.87. The molecule has 0 bridgehead atoms. The first kappa shape index (κ1) is 17.6. The summed E-state index contributed by atoms with van der Waals surface area (Å²) in [5.41, 5.74) is 3.45. The van der Waals surface area contributed by atoms with Gasteiger partial charge in [-0.3, -0.25) is 4.79 Å². The van der Waals surface area contributed by atoms with Crippen LogP contribution in [0.4, 0.5) is 5.69 Å². The van der Waals surface area contributed by atoms with Gasteiger partial charge in [-0.25, -0.2) is 0 Å². The molecule has 1 aromatic carbocycles. The molecular weight excluding hydrogens is 312 g/mol. The maximum Gasteiger partial charge on any atom is 0.257 e. The summed E-state index contributed by atoms with van der Waals surface area (Å²) in [6, 6.07) is 10.5. The number of piperazine rings is 1. The van der Waals surface area contributed by atoms with E-state index in [0.717, 1.165) is 31.9 Å². The van der Waals surface area contributed by atoms with Gasteiger partial charge in [0.25, 0.3) is 5.91 Å². The first-order valence-corrected chi connectivity index (χ1v) is 8.98. The molecule has 0 unspecified atom stereocenters. The lowest BCUT2D eigenvalue weighted by atomic mass is 9.85. The number of amides is 1. The predicted octanol–water partition coefficient (Wildman–Crippen LogP) is 4.16. The maximum absolute atomic E-state index is 12.8. The zero-order valence-corrected chi connectivity index (χ0v) is 15.9. The van der Waals surface area contributed by atoms with E-state index in [1.165, 1.54) is 11.3 Å². The first-order chi connectivity index (χ1) is 11.8. The summed E-state index contributed by atoms with van der Waals surface area (Å²) in [5, 5.41) is 0. The molecule has 4 nitrogen and oxygen atoms in total. The molecule has 1 saturated heterocycles. The molecule has 0 radical (unpaired) electrons. The highest BCUT2D eigenvalue weighted by molar-refractivity contribution is 5.95. The minimum absolute atomic E-state index is 0.0816. The fraction of sp³-hybridized carbons (Fsp3) is 0.476. The van der Waals surface area contributed by atoms with Gasteiger partial charge in [-0.2, -0.15) is 0 Å². The Hall–Kier alpha value is -2.23. The third-order valence-electron chi connectivity index (χ3n) is 4.89. The third-order valence-corrected chi connectivity index (χ3v) is 4.89. The molecule has 3 rings (SSSR count). The fourth-order valence-corrected chi connectivity index (χ4v) is 3.55. The largest absolute Gasteiger partial charge is 0.466 e. The molecule has 0 aliphatic carbocycles. The minimum Gasteiger partial charge on any atom is -0.466 e. The summed E-state index contributed by atoms with van der Waals surface area (Å²) >= 11 is 0. The Balaban J connectivity index is 1.73. The van der Waals surface area contributed by atoms with Gasteiger partial charge >= 0.3 is 0 Å². The quantitative estimate of drug-likeness (QED) is 0.824. The summed E-state index contributed by atoms with van der Waals surface area (Å²) in [5.74, 6) is 1.58. The summed E-state index contributed by atoms with van der Waals surface area (Å²) in [6.07, 6.45) is 0. The van der Waals surface area contributed by atoms with Crippen LogP contribution in [-0.4, -0.2) is 37.0 Å². The Morgan fingerprint density at radius 1 is 1.04 bits per heavy atom. The fourth-order valence-electron chi connectivity index (χ4n) is 3.55. The van der Waals surface area contributed by atoms with Crippen molar-refractivity contribution < 1.29 is 9.21 Å². The van der Waals surface area contributed by atoms with Crippen LogP contribution in [0, 0.1) is 13.8 Å². The number of nitrogens with zero attached hydrogens (tertiary/aromatic N) is 2. The molecule has 1 aliphatic rings. The summed E-state index contributed by atoms with van der Waals surface area (Å²) in [7, 11) is 0.